The van der Waals surface area contributed by atoms with Gasteiger partial charge in [-0.25, -0.2) is 9.78 Å². The van der Waals surface area contributed by atoms with Gasteiger partial charge in [0, 0.05) is 30.5 Å². The monoisotopic (exact) mass is 351 g/mol. The molecular weight excluding hydrogens is 326 g/mol. The summed E-state index contributed by atoms with van der Waals surface area (Å²) in [4.78, 5) is 18.7. The third kappa shape index (κ3) is 3.94. The van der Waals surface area contributed by atoms with E-state index in [0.29, 0.717) is 17.0 Å². The third-order valence-corrected chi connectivity index (χ3v) is 4.98. The van der Waals surface area contributed by atoms with E-state index in [1.54, 1.807) is 0 Å². The van der Waals surface area contributed by atoms with Crippen LogP contribution in [0.2, 0.25) is 5.15 Å². The second kappa shape index (κ2) is 6.43. The molecule has 0 radical (unpaired) electrons. The number of alkyl carbamates (subject to hydrolysis) is 1. The van der Waals surface area contributed by atoms with Gasteiger partial charge < -0.3 is 15.0 Å². The predicted molar refractivity (Wildman–Crippen MR) is 95.6 cm³/mol. The lowest BCUT2D eigenvalue weighted by Crippen LogP contribution is -2.53. The zero-order chi connectivity index (χ0) is 17.5. The highest BCUT2D eigenvalue weighted by Crippen LogP contribution is 2.39. The van der Waals surface area contributed by atoms with Crippen LogP contribution in [0.15, 0.2) is 12.1 Å². The number of nitrogens with zero attached hydrogens (tertiary/aromatic N) is 2. The molecule has 0 aromatic carbocycles. The van der Waals surface area contributed by atoms with E-state index in [4.69, 9.17) is 16.3 Å². The van der Waals surface area contributed by atoms with E-state index in [1.807, 2.05) is 33.8 Å². The van der Waals surface area contributed by atoms with Gasteiger partial charge in [0.05, 0.1) is 0 Å². The van der Waals surface area contributed by atoms with Crippen molar-refractivity contribution in [2.45, 2.75) is 52.2 Å². The molecule has 2 heterocycles. The number of aryl methyl sites for hydroxylation is 1. The molecule has 2 bridgehead atoms. The molecule has 1 amide bonds. The van der Waals surface area contributed by atoms with E-state index >= 15 is 0 Å². The molecule has 3 atom stereocenters. The lowest BCUT2D eigenvalue weighted by Gasteiger charge is -2.39. The maximum atomic E-state index is 12.1. The highest BCUT2D eigenvalue weighted by molar-refractivity contribution is 6.29. The van der Waals surface area contributed by atoms with Gasteiger partial charge in [0.2, 0.25) is 0 Å². The van der Waals surface area contributed by atoms with Gasteiger partial charge >= 0.3 is 6.09 Å². The fourth-order valence-corrected chi connectivity index (χ4v) is 4.15. The van der Waals surface area contributed by atoms with Crippen molar-refractivity contribution in [1.82, 2.24) is 10.3 Å². The van der Waals surface area contributed by atoms with Crippen molar-refractivity contribution in [2.24, 2.45) is 11.8 Å². The molecule has 0 spiro atoms. The predicted octanol–water partition coefficient (Wildman–Crippen LogP) is 3.78. The Morgan fingerprint density at radius 1 is 1.29 bits per heavy atom. The van der Waals surface area contributed by atoms with Gasteiger partial charge in [-0.15, -0.1) is 0 Å². The zero-order valence-corrected chi connectivity index (χ0v) is 15.6. The SMILES string of the molecule is Cc1cc(N2C[C@H]3CC[C@@H](C2)C3NC(=O)OC(C)(C)C)cc(Cl)n1. The van der Waals surface area contributed by atoms with Crippen LogP contribution in [0, 0.1) is 18.8 Å². The summed E-state index contributed by atoms with van der Waals surface area (Å²) in [7, 11) is 0. The number of fused-ring (bicyclic) bond motifs is 2. The molecule has 1 aliphatic heterocycles. The quantitative estimate of drug-likeness (QED) is 0.824. The molecule has 3 rings (SSSR count). The number of carbonyl (C=O) groups is 1. The average molecular weight is 352 g/mol. The topological polar surface area (TPSA) is 54.5 Å². The maximum Gasteiger partial charge on any atom is 0.407 e. The number of hydrogen-bond acceptors (Lipinski definition) is 4. The number of nitrogens with one attached hydrogen (secondary N) is 1. The summed E-state index contributed by atoms with van der Waals surface area (Å²) in [5, 5.41) is 3.64. The minimum Gasteiger partial charge on any atom is -0.444 e. The van der Waals surface area contributed by atoms with Crippen LogP contribution in [0.3, 0.4) is 0 Å². The first kappa shape index (κ1) is 17.3. The number of hydrogen-bond donors (Lipinski definition) is 1. The van der Waals surface area contributed by atoms with Crippen LogP contribution in [-0.4, -0.2) is 35.8 Å². The van der Waals surface area contributed by atoms with Gasteiger partial charge in [0.15, 0.2) is 0 Å². The molecule has 1 saturated heterocycles. The molecule has 1 aliphatic carbocycles. The molecule has 24 heavy (non-hydrogen) atoms. The first-order valence-corrected chi connectivity index (χ1v) is 8.98. The van der Waals surface area contributed by atoms with Gasteiger partial charge in [0.1, 0.15) is 10.8 Å². The van der Waals surface area contributed by atoms with E-state index in [0.717, 1.165) is 37.3 Å². The number of carbonyl (C=O) groups excluding carboxylic acids is 1. The minimum absolute atomic E-state index is 0.203. The molecule has 2 aliphatic rings. The van der Waals surface area contributed by atoms with Crippen molar-refractivity contribution in [3.8, 4) is 0 Å². The van der Waals surface area contributed by atoms with E-state index in [1.165, 1.54) is 0 Å². The van der Waals surface area contributed by atoms with Crippen molar-refractivity contribution in [2.75, 3.05) is 18.0 Å². The van der Waals surface area contributed by atoms with E-state index in [2.05, 4.69) is 21.3 Å². The van der Waals surface area contributed by atoms with Crippen molar-refractivity contribution in [3.05, 3.63) is 23.0 Å². The standard InChI is InChI=1S/C18H26ClN3O2/c1-11-7-14(8-15(19)20-11)22-9-12-5-6-13(10-22)16(12)21-17(23)24-18(2,3)4/h7-8,12-13,16H,5-6,9-10H2,1-4H3,(H,21,23)/t12-,13+,16?. The Labute approximate surface area is 148 Å². The second-order valence-electron chi connectivity index (χ2n) is 7.96. The molecule has 1 saturated carbocycles. The average Bonchev–Trinajstić information content (AvgIpc) is 2.67. The molecule has 1 aromatic rings. The first-order chi connectivity index (χ1) is 11.2. The van der Waals surface area contributed by atoms with Crippen LogP contribution in [0.1, 0.15) is 39.3 Å². The summed E-state index contributed by atoms with van der Waals surface area (Å²) in [5.74, 6) is 0.895. The van der Waals surface area contributed by atoms with Crippen molar-refractivity contribution in [1.29, 1.82) is 0 Å². The Balaban J connectivity index is 1.67. The number of amides is 1. The van der Waals surface area contributed by atoms with Gasteiger partial charge in [-0.1, -0.05) is 11.6 Å². The molecule has 1 unspecified atom stereocenters. The number of aromatic nitrogens is 1. The number of anilines is 1. The van der Waals surface area contributed by atoms with E-state index in [-0.39, 0.29) is 12.1 Å². The van der Waals surface area contributed by atoms with E-state index in [9.17, 15) is 4.79 Å². The summed E-state index contributed by atoms with van der Waals surface area (Å²) in [6, 6.07) is 4.21. The Hall–Kier alpha value is -1.49. The lowest BCUT2D eigenvalue weighted by atomic mass is 9.92. The maximum absolute atomic E-state index is 12.1. The van der Waals surface area contributed by atoms with Crippen molar-refractivity contribution in [3.63, 3.8) is 0 Å². The van der Waals surface area contributed by atoms with Gasteiger partial charge in [-0.05, 0) is 64.5 Å². The number of pyridine rings is 1. The largest absolute Gasteiger partial charge is 0.444 e. The molecule has 1 N–H and O–H groups in total. The van der Waals surface area contributed by atoms with E-state index < -0.39 is 5.60 Å². The number of ether oxygens (including phenoxy) is 1. The number of piperidine rings is 1. The number of halogens is 1. The molecule has 6 heteroatoms. The van der Waals surface area contributed by atoms with Gasteiger partial charge in [0.25, 0.3) is 0 Å². The second-order valence-corrected chi connectivity index (χ2v) is 8.35. The van der Waals surface area contributed by atoms with Gasteiger partial charge in [-0.3, -0.25) is 0 Å². The molecular formula is C18H26ClN3O2. The van der Waals surface area contributed by atoms with Crippen molar-refractivity contribution < 1.29 is 9.53 Å². The fraction of sp³-hybridized carbons (Fsp3) is 0.667. The lowest BCUT2D eigenvalue weighted by molar-refractivity contribution is 0.0472. The van der Waals surface area contributed by atoms with Gasteiger partial charge in [-0.2, -0.15) is 0 Å². The Morgan fingerprint density at radius 3 is 2.46 bits per heavy atom. The summed E-state index contributed by atoms with van der Waals surface area (Å²) in [6.45, 7) is 9.48. The highest BCUT2D eigenvalue weighted by atomic mass is 35.5. The van der Waals surface area contributed by atoms with Crippen LogP contribution >= 0.6 is 11.6 Å². The Kier molecular flexibility index (Phi) is 4.65. The smallest absolute Gasteiger partial charge is 0.407 e. The normalized spacial score (nSPS) is 26.4. The van der Waals surface area contributed by atoms with Crippen LogP contribution in [0.25, 0.3) is 0 Å². The first-order valence-electron chi connectivity index (χ1n) is 8.60. The number of rotatable bonds is 2. The summed E-state index contributed by atoms with van der Waals surface area (Å²) >= 11 is 6.11. The van der Waals surface area contributed by atoms with Crippen molar-refractivity contribution >= 4 is 23.4 Å². The summed E-state index contributed by atoms with van der Waals surface area (Å²) in [6.07, 6.45) is 1.97. The van der Waals surface area contributed by atoms with Crippen LogP contribution < -0.4 is 10.2 Å². The Bertz CT molecular complexity index is 595. The highest BCUT2D eigenvalue weighted by Gasteiger charge is 2.43. The minimum atomic E-state index is -0.463. The Morgan fingerprint density at radius 2 is 1.92 bits per heavy atom. The van der Waals surface area contributed by atoms with Crippen LogP contribution in [0.4, 0.5) is 10.5 Å². The third-order valence-electron chi connectivity index (χ3n) is 4.79. The molecule has 2 fully saturated rings. The van der Waals surface area contributed by atoms with Crippen LogP contribution in [0.5, 0.6) is 0 Å². The van der Waals surface area contributed by atoms with Crippen LogP contribution in [-0.2, 0) is 4.74 Å². The molecule has 1 aromatic heterocycles. The molecule has 132 valence electrons. The zero-order valence-electron chi connectivity index (χ0n) is 14.8. The fourth-order valence-electron chi connectivity index (χ4n) is 3.91. The summed E-state index contributed by atoms with van der Waals surface area (Å²) in [5.41, 5.74) is 1.59. The molecule has 5 nitrogen and oxygen atoms in total. The summed E-state index contributed by atoms with van der Waals surface area (Å²) < 4.78 is 5.42.